The summed E-state index contributed by atoms with van der Waals surface area (Å²) in [5.74, 6) is 0.181. The van der Waals surface area contributed by atoms with Gasteiger partial charge in [-0.2, -0.15) is 5.26 Å². The van der Waals surface area contributed by atoms with Gasteiger partial charge >= 0.3 is 5.97 Å². The van der Waals surface area contributed by atoms with Gasteiger partial charge in [0, 0.05) is 32.4 Å². The molecule has 0 fully saturated rings. The first-order valence-electron chi connectivity index (χ1n) is 8.50. The van der Waals surface area contributed by atoms with Gasteiger partial charge in [0.1, 0.15) is 17.4 Å². The third kappa shape index (κ3) is 6.12. The number of ether oxygens (including phenoxy) is 2. The van der Waals surface area contributed by atoms with E-state index in [9.17, 15) is 10.1 Å². The van der Waals surface area contributed by atoms with Crippen molar-refractivity contribution in [2.45, 2.75) is 32.1 Å². The number of nitrogens with one attached hydrogen (secondary N) is 1. The van der Waals surface area contributed by atoms with Crippen LogP contribution in [0.1, 0.15) is 31.4 Å². The molecule has 1 heterocycles. The Morgan fingerprint density at radius 1 is 1.40 bits per heavy atom. The minimum Gasteiger partial charge on any atom is -0.469 e. The molecule has 0 unspecified atom stereocenters. The fourth-order valence-electron chi connectivity index (χ4n) is 2.65. The summed E-state index contributed by atoms with van der Waals surface area (Å²) < 4.78 is 15.4. The molecular formula is C19H24N2O4. The lowest BCUT2D eigenvalue weighted by Gasteiger charge is -2.18. The van der Waals surface area contributed by atoms with Crippen molar-refractivity contribution in [1.29, 1.82) is 5.26 Å². The highest BCUT2D eigenvalue weighted by atomic mass is 16.5. The van der Waals surface area contributed by atoms with Crippen LogP contribution in [-0.4, -0.2) is 32.8 Å². The third-order valence-corrected chi connectivity index (χ3v) is 3.92. The number of hydrogen-bond acceptors (Lipinski definition) is 6. The van der Waals surface area contributed by atoms with Gasteiger partial charge in [0.05, 0.1) is 12.9 Å². The van der Waals surface area contributed by atoms with E-state index in [1.807, 2.05) is 18.2 Å². The molecule has 0 bridgehead atoms. The Balaban J connectivity index is 1.93. The van der Waals surface area contributed by atoms with E-state index in [2.05, 4.69) is 5.32 Å². The summed E-state index contributed by atoms with van der Waals surface area (Å²) in [6, 6.07) is 5.61. The Kier molecular flexibility index (Phi) is 7.80. The molecule has 1 aliphatic rings. The molecule has 0 aromatic carbocycles. The molecule has 0 spiro atoms. The van der Waals surface area contributed by atoms with Gasteiger partial charge in [-0.05, 0) is 49.5 Å². The van der Waals surface area contributed by atoms with Crippen LogP contribution in [-0.2, 0) is 20.7 Å². The Bertz CT molecular complexity index is 653. The predicted molar refractivity (Wildman–Crippen MR) is 92.4 cm³/mol. The van der Waals surface area contributed by atoms with Gasteiger partial charge < -0.3 is 19.2 Å². The lowest BCUT2D eigenvalue weighted by molar-refractivity contribution is -0.138. The van der Waals surface area contributed by atoms with E-state index in [1.165, 1.54) is 0 Å². The quantitative estimate of drug-likeness (QED) is 0.321. The van der Waals surface area contributed by atoms with E-state index < -0.39 is 5.97 Å². The zero-order valence-corrected chi connectivity index (χ0v) is 14.5. The Morgan fingerprint density at radius 3 is 3.00 bits per heavy atom. The van der Waals surface area contributed by atoms with E-state index in [1.54, 1.807) is 19.4 Å². The predicted octanol–water partition coefficient (Wildman–Crippen LogP) is 2.88. The first kappa shape index (κ1) is 18.8. The summed E-state index contributed by atoms with van der Waals surface area (Å²) in [5.41, 5.74) is 1.88. The maximum atomic E-state index is 12.2. The standard InChI is InChI=1S/C19H24N2O4/c1-23-10-4-9-21-16-6-2-5-15(13-16)18(14-20)19(22)25-12-8-17-7-3-11-24-17/h3,7,11,13,21H,2,4-6,8-10,12H2,1H3/b18-15-. The Morgan fingerprint density at radius 2 is 2.28 bits per heavy atom. The van der Waals surface area contributed by atoms with Gasteiger partial charge in [0.25, 0.3) is 0 Å². The van der Waals surface area contributed by atoms with Crippen LogP contribution in [0, 0.1) is 11.3 Å². The Labute approximate surface area is 148 Å². The van der Waals surface area contributed by atoms with E-state index >= 15 is 0 Å². The van der Waals surface area contributed by atoms with Gasteiger partial charge in [0.2, 0.25) is 0 Å². The summed E-state index contributed by atoms with van der Waals surface area (Å²) in [5, 5.41) is 12.7. The van der Waals surface area contributed by atoms with Gasteiger partial charge in [-0.1, -0.05) is 0 Å². The van der Waals surface area contributed by atoms with Crippen LogP contribution in [0.4, 0.5) is 0 Å². The molecule has 0 radical (unpaired) electrons. The highest BCUT2D eigenvalue weighted by Crippen LogP contribution is 2.24. The molecule has 0 saturated heterocycles. The highest BCUT2D eigenvalue weighted by Gasteiger charge is 2.18. The maximum absolute atomic E-state index is 12.2. The molecule has 6 heteroatoms. The first-order chi connectivity index (χ1) is 12.2. The molecule has 0 saturated carbocycles. The van der Waals surface area contributed by atoms with E-state index in [0.29, 0.717) is 19.4 Å². The van der Waals surface area contributed by atoms with Gasteiger partial charge in [-0.15, -0.1) is 0 Å². The number of hydrogen-bond donors (Lipinski definition) is 1. The summed E-state index contributed by atoms with van der Waals surface area (Å²) in [6.07, 6.45) is 7.42. The second-order valence-corrected chi connectivity index (χ2v) is 5.77. The first-order valence-corrected chi connectivity index (χ1v) is 8.50. The van der Waals surface area contributed by atoms with Crippen LogP contribution in [0.25, 0.3) is 0 Å². The number of rotatable bonds is 9. The molecule has 1 aliphatic carbocycles. The van der Waals surface area contributed by atoms with Crippen molar-refractivity contribution in [2.75, 3.05) is 26.9 Å². The molecule has 6 nitrogen and oxygen atoms in total. The van der Waals surface area contributed by atoms with Crippen molar-refractivity contribution >= 4 is 5.97 Å². The molecular weight excluding hydrogens is 320 g/mol. The normalized spacial score (nSPS) is 15.9. The second-order valence-electron chi connectivity index (χ2n) is 5.77. The topological polar surface area (TPSA) is 84.5 Å². The monoisotopic (exact) mass is 344 g/mol. The average molecular weight is 344 g/mol. The molecule has 25 heavy (non-hydrogen) atoms. The number of carbonyl (C=O) groups is 1. The molecule has 1 aromatic rings. The van der Waals surface area contributed by atoms with Crippen molar-refractivity contribution in [3.05, 3.63) is 47.1 Å². The van der Waals surface area contributed by atoms with Gasteiger partial charge in [-0.25, -0.2) is 4.79 Å². The SMILES string of the molecule is COCCCNC1=C/C(=C(/C#N)C(=O)OCCc2ccco2)CCC1. The molecule has 134 valence electrons. The third-order valence-electron chi connectivity index (χ3n) is 3.92. The zero-order valence-electron chi connectivity index (χ0n) is 14.5. The molecule has 0 atom stereocenters. The van der Waals surface area contributed by atoms with Crippen LogP contribution in [0.5, 0.6) is 0 Å². The van der Waals surface area contributed by atoms with Gasteiger partial charge in [0.15, 0.2) is 0 Å². The van der Waals surface area contributed by atoms with E-state index in [-0.39, 0.29) is 12.2 Å². The summed E-state index contributed by atoms with van der Waals surface area (Å²) >= 11 is 0. The number of methoxy groups -OCH3 is 1. The summed E-state index contributed by atoms with van der Waals surface area (Å²) in [7, 11) is 1.68. The van der Waals surface area contributed by atoms with Crippen molar-refractivity contribution in [3.8, 4) is 6.07 Å². The molecule has 1 aromatic heterocycles. The largest absolute Gasteiger partial charge is 0.469 e. The van der Waals surface area contributed by atoms with Crippen molar-refractivity contribution in [3.63, 3.8) is 0 Å². The molecule has 0 aliphatic heterocycles. The molecule has 1 N–H and O–H groups in total. The number of nitrogens with zero attached hydrogens (tertiary/aromatic N) is 1. The van der Waals surface area contributed by atoms with Gasteiger partial charge in [-0.3, -0.25) is 0 Å². The number of furan rings is 1. The number of allylic oxidation sites excluding steroid dienone is 3. The van der Waals surface area contributed by atoms with Crippen LogP contribution in [0.15, 0.2) is 45.7 Å². The van der Waals surface area contributed by atoms with Crippen LogP contribution >= 0.6 is 0 Å². The zero-order chi connectivity index (χ0) is 17.9. The summed E-state index contributed by atoms with van der Waals surface area (Å²) in [4.78, 5) is 12.2. The minimum absolute atomic E-state index is 0.0929. The Hall–Kier alpha value is -2.52. The van der Waals surface area contributed by atoms with Crippen molar-refractivity contribution in [1.82, 2.24) is 5.32 Å². The second kappa shape index (κ2) is 10.4. The lowest BCUT2D eigenvalue weighted by atomic mass is 9.95. The molecule has 0 amide bonds. The minimum atomic E-state index is -0.569. The number of carbonyl (C=O) groups excluding carboxylic acids is 1. The fourth-order valence-corrected chi connectivity index (χ4v) is 2.65. The van der Waals surface area contributed by atoms with E-state index in [0.717, 1.165) is 42.8 Å². The van der Waals surface area contributed by atoms with Crippen molar-refractivity contribution < 1.29 is 18.7 Å². The fraction of sp³-hybridized carbons (Fsp3) is 0.474. The average Bonchev–Trinajstić information content (AvgIpc) is 3.13. The highest BCUT2D eigenvalue weighted by molar-refractivity contribution is 5.94. The van der Waals surface area contributed by atoms with Crippen LogP contribution in [0.3, 0.4) is 0 Å². The number of nitriles is 1. The maximum Gasteiger partial charge on any atom is 0.349 e. The van der Waals surface area contributed by atoms with Crippen molar-refractivity contribution in [2.24, 2.45) is 0 Å². The van der Waals surface area contributed by atoms with E-state index in [4.69, 9.17) is 13.9 Å². The molecule has 2 rings (SSSR count). The smallest absolute Gasteiger partial charge is 0.349 e. The van der Waals surface area contributed by atoms with Crippen LogP contribution in [0.2, 0.25) is 0 Å². The van der Waals surface area contributed by atoms with Crippen LogP contribution < -0.4 is 5.32 Å². The lowest BCUT2D eigenvalue weighted by Crippen LogP contribution is -2.19. The number of esters is 1. The summed E-state index contributed by atoms with van der Waals surface area (Å²) in [6.45, 7) is 1.70.